The first kappa shape index (κ1) is 14.3. The molecule has 1 aromatic rings. The Balaban J connectivity index is 1.85. The second-order valence-electron chi connectivity index (χ2n) is 5.03. The van der Waals surface area contributed by atoms with Crippen LogP contribution in [0.2, 0.25) is 0 Å². The largest absolute Gasteiger partial charge is 0.481 e. The SMILES string of the molecule is O=C(CCn1ccccc1=O)NC1CCCC1C(=O)O. The standard InChI is InChI=1S/C14H18N2O4/c17-12(7-9-16-8-2-1-6-13(16)18)15-11-5-3-4-10(11)14(19)20/h1-2,6,8,10-11H,3-5,7,9H2,(H,15,17)(H,19,20). The Labute approximate surface area is 116 Å². The molecule has 0 spiro atoms. The van der Waals surface area contributed by atoms with Crippen LogP contribution in [0.1, 0.15) is 25.7 Å². The van der Waals surface area contributed by atoms with Crippen LogP contribution in [0.25, 0.3) is 0 Å². The Morgan fingerprint density at radius 1 is 1.35 bits per heavy atom. The third kappa shape index (κ3) is 3.46. The molecule has 0 aromatic carbocycles. The first-order chi connectivity index (χ1) is 9.58. The minimum atomic E-state index is -0.855. The average molecular weight is 278 g/mol. The zero-order chi connectivity index (χ0) is 14.5. The van der Waals surface area contributed by atoms with E-state index < -0.39 is 11.9 Å². The second kappa shape index (κ2) is 6.36. The summed E-state index contributed by atoms with van der Waals surface area (Å²) in [7, 11) is 0. The highest BCUT2D eigenvalue weighted by molar-refractivity contribution is 5.78. The first-order valence-corrected chi connectivity index (χ1v) is 6.75. The predicted molar refractivity (Wildman–Crippen MR) is 72.2 cm³/mol. The van der Waals surface area contributed by atoms with E-state index in [1.54, 1.807) is 18.3 Å². The van der Waals surface area contributed by atoms with Gasteiger partial charge in [0.05, 0.1) is 5.92 Å². The van der Waals surface area contributed by atoms with Crippen molar-refractivity contribution >= 4 is 11.9 Å². The summed E-state index contributed by atoms with van der Waals surface area (Å²) in [4.78, 5) is 34.3. The van der Waals surface area contributed by atoms with Gasteiger partial charge in [0.25, 0.3) is 5.56 Å². The van der Waals surface area contributed by atoms with E-state index in [2.05, 4.69) is 5.32 Å². The maximum Gasteiger partial charge on any atom is 0.308 e. The van der Waals surface area contributed by atoms with E-state index in [9.17, 15) is 14.4 Å². The number of aromatic nitrogens is 1. The summed E-state index contributed by atoms with van der Waals surface area (Å²) in [6.07, 6.45) is 3.93. The number of amides is 1. The van der Waals surface area contributed by atoms with Crippen LogP contribution in [0.15, 0.2) is 29.2 Å². The van der Waals surface area contributed by atoms with Crippen LogP contribution in [0.3, 0.4) is 0 Å². The molecule has 6 nitrogen and oxygen atoms in total. The van der Waals surface area contributed by atoms with Gasteiger partial charge in [-0.1, -0.05) is 12.5 Å². The minimum absolute atomic E-state index is 0.149. The van der Waals surface area contributed by atoms with Gasteiger partial charge >= 0.3 is 5.97 Å². The molecule has 2 atom stereocenters. The van der Waals surface area contributed by atoms with Gasteiger partial charge in [-0.05, 0) is 18.9 Å². The highest BCUT2D eigenvalue weighted by Gasteiger charge is 2.33. The van der Waals surface area contributed by atoms with Crippen molar-refractivity contribution in [1.82, 2.24) is 9.88 Å². The van der Waals surface area contributed by atoms with Gasteiger partial charge in [0.2, 0.25) is 5.91 Å². The van der Waals surface area contributed by atoms with Crippen LogP contribution in [0.5, 0.6) is 0 Å². The van der Waals surface area contributed by atoms with E-state index in [4.69, 9.17) is 5.11 Å². The Kier molecular flexibility index (Phi) is 4.55. The van der Waals surface area contributed by atoms with E-state index >= 15 is 0 Å². The number of aryl methyl sites for hydroxylation is 1. The lowest BCUT2D eigenvalue weighted by atomic mass is 10.0. The molecule has 6 heteroatoms. The summed E-state index contributed by atoms with van der Waals surface area (Å²) in [5.74, 6) is -1.55. The molecule has 1 amide bonds. The van der Waals surface area contributed by atoms with Crippen LogP contribution in [0.4, 0.5) is 0 Å². The lowest BCUT2D eigenvalue weighted by molar-refractivity contribution is -0.142. The van der Waals surface area contributed by atoms with Gasteiger partial charge in [0.15, 0.2) is 0 Å². The third-order valence-electron chi connectivity index (χ3n) is 3.66. The number of rotatable bonds is 5. The fourth-order valence-electron chi connectivity index (χ4n) is 2.57. The maximum atomic E-state index is 11.8. The van der Waals surface area contributed by atoms with Crippen LogP contribution in [-0.2, 0) is 16.1 Å². The zero-order valence-corrected chi connectivity index (χ0v) is 11.1. The van der Waals surface area contributed by atoms with E-state index in [0.29, 0.717) is 19.4 Å². The Hall–Kier alpha value is -2.11. The number of pyridine rings is 1. The number of aliphatic carboxylic acids is 1. The number of carboxylic acids is 1. The molecule has 1 aliphatic carbocycles. The molecule has 1 aliphatic rings. The van der Waals surface area contributed by atoms with Crippen molar-refractivity contribution in [3.05, 3.63) is 34.7 Å². The number of carboxylic acid groups (broad SMARTS) is 1. The van der Waals surface area contributed by atoms with Crippen molar-refractivity contribution in [2.45, 2.75) is 38.3 Å². The molecule has 1 fully saturated rings. The van der Waals surface area contributed by atoms with E-state index in [-0.39, 0.29) is 23.9 Å². The number of hydrogen-bond donors (Lipinski definition) is 2. The van der Waals surface area contributed by atoms with Crippen LogP contribution < -0.4 is 10.9 Å². The molecule has 1 heterocycles. The number of nitrogens with one attached hydrogen (secondary N) is 1. The normalized spacial score (nSPS) is 21.6. The molecule has 2 rings (SSSR count). The monoisotopic (exact) mass is 278 g/mol. The minimum Gasteiger partial charge on any atom is -0.481 e. The Bertz CT molecular complexity index is 552. The zero-order valence-electron chi connectivity index (χ0n) is 11.1. The second-order valence-corrected chi connectivity index (χ2v) is 5.03. The van der Waals surface area contributed by atoms with E-state index in [1.807, 2.05) is 0 Å². The van der Waals surface area contributed by atoms with Gasteiger partial charge in [-0.25, -0.2) is 0 Å². The predicted octanol–water partition coefficient (Wildman–Crippen LogP) is 0.608. The van der Waals surface area contributed by atoms with Gasteiger partial charge < -0.3 is 15.0 Å². The highest BCUT2D eigenvalue weighted by Crippen LogP contribution is 2.25. The van der Waals surface area contributed by atoms with Crippen molar-refractivity contribution in [1.29, 1.82) is 0 Å². The van der Waals surface area contributed by atoms with Gasteiger partial charge in [0, 0.05) is 31.3 Å². The molecule has 1 saturated carbocycles. The Morgan fingerprint density at radius 2 is 2.15 bits per heavy atom. The van der Waals surface area contributed by atoms with Gasteiger partial charge in [-0.3, -0.25) is 14.4 Å². The highest BCUT2D eigenvalue weighted by atomic mass is 16.4. The molecule has 0 bridgehead atoms. The number of hydrogen-bond acceptors (Lipinski definition) is 3. The summed E-state index contributed by atoms with van der Waals surface area (Å²) < 4.78 is 1.46. The molecular weight excluding hydrogens is 260 g/mol. The first-order valence-electron chi connectivity index (χ1n) is 6.75. The molecule has 20 heavy (non-hydrogen) atoms. The van der Waals surface area contributed by atoms with Crippen LogP contribution >= 0.6 is 0 Å². The number of carbonyl (C=O) groups is 2. The van der Waals surface area contributed by atoms with Crippen molar-refractivity contribution in [2.75, 3.05) is 0 Å². The van der Waals surface area contributed by atoms with Crippen LogP contribution in [-0.4, -0.2) is 27.6 Å². The van der Waals surface area contributed by atoms with Gasteiger partial charge in [0.1, 0.15) is 0 Å². The summed E-state index contributed by atoms with van der Waals surface area (Å²) >= 11 is 0. The average Bonchev–Trinajstić information content (AvgIpc) is 2.86. The molecule has 2 unspecified atom stereocenters. The number of nitrogens with zero attached hydrogens (tertiary/aromatic N) is 1. The van der Waals surface area contributed by atoms with Crippen molar-refractivity contribution in [2.24, 2.45) is 5.92 Å². The van der Waals surface area contributed by atoms with Crippen molar-refractivity contribution in [3.8, 4) is 0 Å². The summed E-state index contributed by atoms with van der Waals surface area (Å²) in [5.41, 5.74) is -0.149. The fraction of sp³-hybridized carbons (Fsp3) is 0.500. The summed E-state index contributed by atoms with van der Waals surface area (Å²) in [6.45, 7) is 0.302. The van der Waals surface area contributed by atoms with E-state index in [1.165, 1.54) is 10.6 Å². The molecule has 108 valence electrons. The van der Waals surface area contributed by atoms with Crippen molar-refractivity contribution in [3.63, 3.8) is 0 Å². The summed E-state index contributed by atoms with van der Waals surface area (Å²) in [5, 5.41) is 11.8. The quantitative estimate of drug-likeness (QED) is 0.826. The Morgan fingerprint density at radius 3 is 2.85 bits per heavy atom. The van der Waals surface area contributed by atoms with Crippen molar-refractivity contribution < 1.29 is 14.7 Å². The molecule has 0 radical (unpaired) electrons. The van der Waals surface area contributed by atoms with Crippen LogP contribution in [0, 0.1) is 5.92 Å². The lowest BCUT2D eigenvalue weighted by Gasteiger charge is -2.17. The maximum absolute atomic E-state index is 11.8. The fourth-order valence-corrected chi connectivity index (χ4v) is 2.57. The molecule has 2 N–H and O–H groups in total. The smallest absolute Gasteiger partial charge is 0.308 e. The summed E-state index contributed by atoms with van der Waals surface area (Å²) in [6, 6.07) is 4.54. The molecule has 0 aliphatic heterocycles. The number of carbonyl (C=O) groups excluding carboxylic acids is 1. The lowest BCUT2D eigenvalue weighted by Crippen LogP contribution is -2.40. The van der Waals surface area contributed by atoms with E-state index in [0.717, 1.165) is 6.42 Å². The molecule has 1 aromatic heterocycles. The third-order valence-corrected chi connectivity index (χ3v) is 3.66. The topological polar surface area (TPSA) is 88.4 Å². The molecular formula is C14H18N2O4. The molecule has 0 saturated heterocycles. The van der Waals surface area contributed by atoms with Gasteiger partial charge in [-0.2, -0.15) is 0 Å². The van der Waals surface area contributed by atoms with Gasteiger partial charge in [-0.15, -0.1) is 0 Å².